The Morgan fingerprint density at radius 2 is 1.88 bits per heavy atom. The highest BCUT2D eigenvalue weighted by molar-refractivity contribution is 7.92. The predicted molar refractivity (Wildman–Crippen MR) is 101 cm³/mol. The Morgan fingerprint density at radius 3 is 2.62 bits per heavy atom. The average molecular weight is 377 g/mol. The summed E-state index contributed by atoms with van der Waals surface area (Å²) in [4.78, 5) is 12.2. The molecule has 2 rings (SSSR count). The molecule has 0 fully saturated rings. The van der Waals surface area contributed by atoms with E-state index in [0.29, 0.717) is 24.5 Å². The van der Waals surface area contributed by atoms with Gasteiger partial charge in [0, 0.05) is 12.1 Å². The molecule has 140 valence electrons. The zero-order valence-corrected chi connectivity index (χ0v) is 15.4. The monoisotopic (exact) mass is 377 g/mol. The molecule has 0 radical (unpaired) electrons. The largest absolute Gasteiger partial charge is 0.495 e. The van der Waals surface area contributed by atoms with Gasteiger partial charge in [-0.1, -0.05) is 18.2 Å². The van der Waals surface area contributed by atoms with Gasteiger partial charge >= 0.3 is 0 Å². The van der Waals surface area contributed by atoms with Gasteiger partial charge in [0.15, 0.2) is 0 Å². The van der Waals surface area contributed by atoms with Crippen LogP contribution in [0.15, 0.2) is 53.4 Å². The molecule has 0 unspecified atom stereocenters. The first-order valence-corrected chi connectivity index (χ1v) is 9.70. The molecule has 0 saturated carbocycles. The number of carbonyl (C=O) groups excluding carboxylic acids is 1. The number of methoxy groups -OCH3 is 1. The molecule has 0 spiro atoms. The second-order valence-electron chi connectivity index (χ2n) is 5.59. The summed E-state index contributed by atoms with van der Waals surface area (Å²) < 4.78 is 32.9. The molecule has 4 N–H and O–H groups in total. The van der Waals surface area contributed by atoms with Crippen LogP contribution in [0, 0.1) is 0 Å². The fourth-order valence-electron chi connectivity index (χ4n) is 2.31. The van der Waals surface area contributed by atoms with Crippen molar-refractivity contribution in [3.05, 3.63) is 54.1 Å². The number of anilines is 1. The maximum atomic E-state index is 12.6. The summed E-state index contributed by atoms with van der Waals surface area (Å²) in [6.07, 6.45) is 1.59. The zero-order chi connectivity index (χ0) is 19.0. The third-order valence-electron chi connectivity index (χ3n) is 3.67. The topological polar surface area (TPSA) is 111 Å². The minimum absolute atomic E-state index is 0.00184. The first kappa shape index (κ1) is 19.7. The van der Waals surface area contributed by atoms with Crippen molar-refractivity contribution in [2.75, 3.05) is 24.9 Å². The van der Waals surface area contributed by atoms with E-state index in [9.17, 15) is 13.2 Å². The lowest BCUT2D eigenvalue weighted by Gasteiger charge is -2.12. The summed E-state index contributed by atoms with van der Waals surface area (Å²) in [6.45, 7) is 1.06. The highest BCUT2D eigenvalue weighted by atomic mass is 32.2. The predicted octanol–water partition coefficient (Wildman–Crippen LogP) is 1.96. The van der Waals surface area contributed by atoms with Crippen LogP contribution in [0.5, 0.6) is 5.75 Å². The number of para-hydroxylation sites is 2. The summed E-state index contributed by atoms with van der Waals surface area (Å²) in [6, 6.07) is 12.6. The summed E-state index contributed by atoms with van der Waals surface area (Å²) in [5.74, 6) is 0.0845. The minimum Gasteiger partial charge on any atom is -0.495 e. The fraction of sp³-hybridized carbons (Fsp3) is 0.278. The molecule has 1 amide bonds. The molecule has 0 aliphatic heterocycles. The standard InChI is InChI=1S/C18H23N3O4S/c1-25-17-10-3-2-9-16(17)21-26(23,24)15-8-6-7-14(13-15)18(22)20-12-5-4-11-19/h2-3,6-10,13,21H,4-5,11-12,19H2,1H3,(H,20,22). The van der Waals surface area contributed by atoms with Crippen molar-refractivity contribution >= 4 is 21.6 Å². The normalized spacial score (nSPS) is 11.0. The maximum absolute atomic E-state index is 12.6. The van der Waals surface area contributed by atoms with Gasteiger partial charge in [-0.2, -0.15) is 0 Å². The Hall–Kier alpha value is -2.58. The Bertz CT molecular complexity index is 853. The van der Waals surface area contributed by atoms with Gasteiger partial charge in [0.2, 0.25) is 0 Å². The Labute approximate surface area is 153 Å². The van der Waals surface area contributed by atoms with Gasteiger partial charge in [-0.25, -0.2) is 8.42 Å². The van der Waals surface area contributed by atoms with E-state index in [1.165, 1.54) is 25.3 Å². The van der Waals surface area contributed by atoms with Crippen LogP contribution < -0.4 is 20.5 Å². The van der Waals surface area contributed by atoms with Crippen molar-refractivity contribution < 1.29 is 17.9 Å². The van der Waals surface area contributed by atoms with E-state index >= 15 is 0 Å². The molecule has 0 heterocycles. The van der Waals surface area contributed by atoms with Gasteiger partial charge < -0.3 is 15.8 Å². The van der Waals surface area contributed by atoms with E-state index < -0.39 is 10.0 Å². The van der Waals surface area contributed by atoms with Crippen molar-refractivity contribution in [1.82, 2.24) is 5.32 Å². The number of nitrogens with one attached hydrogen (secondary N) is 2. The summed E-state index contributed by atoms with van der Waals surface area (Å²) >= 11 is 0. The van der Waals surface area contributed by atoms with E-state index in [-0.39, 0.29) is 16.4 Å². The van der Waals surface area contributed by atoms with Crippen LogP contribution in [0.2, 0.25) is 0 Å². The first-order chi connectivity index (χ1) is 12.5. The number of hydrogen-bond acceptors (Lipinski definition) is 5. The molecule has 0 atom stereocenters. The quantitative estimate of drug-likeness (QED) is 0.579. The number of nitrogens with two attached hydrogens (primary N) is 1. The molecule has 0 aliphatic rings. The molecule has 8 heteroatoms. The molecule has 0 bridgehead atoms. The number of benzene rings is 2. The number of hydrogen-bond donors (Lipinski definition) is 3. The molecule has 2 aromatic carbocycles. The third kappa shape index (κ3) is 5.21. The Kier molecular flexibility index (Phi) is 6.99. The van der Waals surface area contributed by atoms with Gasteiger partial charge in [0.25, 0.3) is 15.9 Å². The Balaban J connectivity index is 2.16. The molecule has 26 heavy (non-hydrogen) atoms. The van der Waals surface area contributed by atoms with Crippen molar-refractivity contribution in [3.8, 4) is 5.75 Å². The van der Waals surface area contributed by atoms with Crippen LogP contribution in [0.25, 0.3) is 0 Å². The number of rotatable bonds is 9. The molecule has 0 aliphatic carbocycles. The number of amides is 1. The van der Waals surface area contributed by atoms with Crippen molar-refractivity contribution in [2.45, 2.75) is 17.7 Å². The van der Waals surface area contributed by atoms with Crippen molar-refractivity contribution in [3.63, 3.8) is 0 Å². The lowest BCUT2D eigenvalue weighted by molar-refractivity contribution is 0.0953. The number of ether oxygens (including phenoxy) is 1. The van der Waals surface area contributed by atoms with Gasteiger partial charge in [-0.05, 0) is 49.7 Å². The molecule has 7 nitrogen and oxygen atoms in total. The van der Waals surface area contributed by atoms with Gasteiger partial charge in [0.05, 0.1) is 17.7 Å². The number of carbonyl (C=O) groups is 1. The molecular formula is C18H23N3O4S. The highest BCUT2D eigenvalue weighted by Crippen LogP contribution is 2.26. The molecule has 2 aromatic rings. The second-order valence-corrected chi connectivity index (χ2v) is 7.27. The van der Waals surface area contributed by atoms with Crippen LogP contribution >= 0.6 is 0 Å². The zero-order valence-electron chi connectivity index (χ0n) is 14.6. The first-order valence-electron chi connectivity index (χ1n) is 8.22. The lowest BCUT2D eigenvalue weighted by Crippen LogP contribution is -2.25. The lowest BCUT2D eigenvalue weighted by atomic mass is 10.2. The Morgan fingerprint density at radius 1 is 1.12 bits per heavy atom. The molecule has 0 saturated heterocycles. The summed E-state index contributed by atoms with van der Waals surface area (Å²) in [5.41, 5.74) is 6.02. The second kappa shape index (κ2) is 9.21. The maximum Gasteiger partial charge on any atom is 0.262 e. The summed E-state index contributed by atoms with van der Waals surface area (Å²) in [5, 5.41) is 2.75. The van der Waals surface area contributed by atoms with E-state index in [4.69, 9.17) is 10.5 Å². The van der Waals surface area contributed by atoms with Gasteiger partial charge in [-0.15, -0.1) is 0 Å². The smallest absolute Gasteiger partial charge is 0.262 e. The van der Waals surface area contributed by atoms with Gasteiger partial charge in [0.1, 0.15) is 5.75 Å². The fourth-order valence-corrected chi connectivity index (χ4v) is 3.43. The van der Waals surface area contributed by atoms with E-state index in [2.05, 4.69) is 10.0 Å². The van der Waals surface area contributed by atoms with E-state index in [1.807, 2.05) is 0 Å². The van der Waals surface area contributed by atoms with Crippen LogP contribution in [0.3, 0.4) is 0 Å². The van der Waals surface area contributed by atoms with Crippen molar-refractivity contribution in [1.29, 1.82) is 0 Å². The minimum atomic E-state index is -3.86. The third-order valence-corrected chi connectivity index (χ3v) is 5.04. The van der Waals surface area contributed by atoms with E-state index in [0.717, 1.165) is 12.8 Å². The van der Waals surface area contributed by atoms with Crippen LogP contribution in [-0.4, -0.2) is 34.5 Å². The average Bonchev–Trinajstić information content (AvgIpc) is 2.65. The van der Waals surface area contributed by atoms with Crippen molar-refractivity contribution in [2.24, 2.45) is 5.73 Å². The summed E-state index contributed by atoms with van der Waals surface area (Å²) in [7, 11) is -2.40. The molecule has 0 aromatic heterocycles. The highest BCUT2D eigenvalue weighted by Gasteiger charge is 2.18. The number of sulfonamides is 1. The molecular weight excluding hydrogens is 354 g/mol. The van der Waals surface area contributed by atoms with Gasteiger partial charge in [-0.3, -0.25) is 9.52 Å². The SMILES string of the molecule is COc1ccccc1NS(=O)(=O)c1cccc(C(=O)NCCCCN)c1. The number of unbranched alkanes of at least 4 members (excludes halogenated alkanes) is 1. The van der Waals surface area contributed by atoms with E-state index in [1.54, 1.807) is 30.3 Å². The van der Waals surface area contributed by atoms with Crippen LogP contribution in [0.1, 0.15) is 23.2 Å². The van der Waals surface area contributed by atoms with Crippen LogP contribution in [-0.2, 0) is 10.0 Å². The van der Waals surface area contributed by atoms with Crippen LogP contribution in [0.4, 0.5) is 5.69 Å².